The number of halogens is 1. The van der Waals surface area contributed by atoms with Crippen LogP contribution < -0.4 is 11.1 Å². The third-order valence-electron chi connectivity index (χ3n) is 2.40. The standard InChI is InChI=1S/C12H16ClN3O3/c1-2-3-8-4-7(5-10(13)16-8)12(19)15-6-9(17)11(14)18/h4-5,9,17H,2-3,6H2,1H3,(H2,14,18)(H,15,19). The number of aliphatic hydroxyl groups is 1. The van der Waals surface area contributed by atoms with Crippen LogP contribution in [0.1, 0.15) is 29.4 Å². The highest BCUT2D eigenvalue weighted by Crippen LogP contribution is 2.12. The monoisotopic (exact) mass is 285 g/mol. The molecule has 19 heavy (non-hydrogen) atoms. The lowest BCUT2D eigenvalue weighted by Gasteiger charge is -2.09. The molecule has 0 aromatic carbocycles. The first-order chi connectivity index (χ1) is 8.93. The number of carbonyl (C=O) groups excluding carboxylic acids is 2. The molecule has 0 radical (unpaired) electrons. The Morgan fingerprint density at radius 3 is 2.79 bits per heavy atom. The van der Waals surface area contributed by atoms with Crippen LogP contribution in [0, 0.1) is 0 Å². The average molecular weight is 286 g/mol. The number of rotatable bonds is 6. The van der Waals surface area contributed by atoms with Crippen molar-refractivity contribution in [2.24, 2.45) is 5.73 Å². The smallest absolute Gasteiger partial charge is 0.251 e. The van der Waals surface area contributed by atoms with Gasteiger partial charge < -0.3 is 16.2 Å². The number of primary amides is 1. The van der Waals surface area contributed by atoms with Crippen LogP contribution in [-0.4, -0.2) is 34.6 Å². The molecule has 0 spiro atoms. The number of hydrogen-bond acceptors (Lipinski definition) is 4. The van der Waals surface area contributed by atoms with Crippen molar-refractivity contribution in [1.82, 2.24) is 10.3 Å². The van der Waals surface area contributed by atoms with Crippen LogP contribution in [0.15, 0.2) is 12.1 Å². The summed E-state index contributed by atoms with van der Waals surface area (Å²) >= 11 is 5.83. The molecule has 1 aromatic heterocycles. The maximum absolute atomic E-state index is 11.8. The number of nitrogens with two attached hydrogens (primary N) is 1. The van der Waals surface area contributed by atoms with Gasteiger partial charge in [-0.05, 0) is 18.6 Å². The molecule has 1 heterocycles. The topological polar surface area (TPSA) is 105 Å². The predicted molar refractivity (Wildman–Crippen MR) is 70.8 cm³/mol. The number of pyridine rings is 1. The molecule has 1 aromatic rings. The molecule has 7 heteroatoms. The molecular formula is C12H16ClN3O3. The van der Waals surface area contributed by atoms with Crippen LogP contribution in [0.5, 0.6) is 0 Å². The number of nitrogens with zero attached hydrogens (tertiary/aromatic N) is 1. The molecule has 6 nitrogen and oxygen atoms in total. The van der Waals surface area contributed by atoms with Gasteiger partial charge in [0.2, 0.25) is 5.91 Å². The summed E-state index contributed by atoms with van der Waals surface area (Å²) in [7, 11) is 0. The van der Waals surface area contributed by atoms with E-state index in [-0.39, 0.29) is 11.7 Å². The summed E-state index contributed by atoms with van der Waals surface area (Å²) in [4.78, 5) is 26.5. The third kappa shape index (κ3) is 4.84. The molecule has 0 bridgehead atoms. The van der Waals surface area contributed by atoms with Gasteiger partial charge >= 0.3 is 0 Å². The van der Waals surface area contributed by atoms with Gasteiger partial charge in [0, 0.05) is 11.3 Å². The van der Waals surface area contributed by atoms with E-state index in [1.165, 1.54) is 6.07 Å². The highest BCUT2D eigenvalue weighted by atomic mass is 35.5. The lowest BCUT2D eigenvalue weighted by atomic mass is 10.1. The summed E-state index contributed by atoms with van der Waals surface area (Å²) in [5, 5.41) is 11.8. The number of nitrogens with one attached hydrogen (secondary N) is 1. The highest BCUT2D eigenvalue weighted by Gasteiger charge is 2.14. The first-order valence-electron chi connectivity index (χ1n) is 5.86. The van der Waals surface area contributed by atoms with Crippen molar-refractivity contribution in [1.29, 1.82) is 0 Å². The first kappa shape index (κ1) is 15.4. The van der Waals surface area contributed by atoms with Gasteiger partial charge in [-0.2, -0.15) is 0 Å². The Kier molecular flexibility index (Phi) is 5.72. The van der Waals surface area contributed by atoms with E-state index in [4.69, 9.17) is 17.3 Å². The molecule has 0 fully saturated rings. The van der Waals surface area contributed by atoms with Crippen molar-refractivity contribution in [3.05, 3.63) is 28.5 Å². The molecule has 4 N–H and O–H groups in total. The van der Waals surface area contributed by atoms with Gasteiger partial charge in [-0.3, -0.25) is 9.59 Å². The molecule has 104 valence electrons. The van der Waals surface area contributed by atoms with E-state index in [0.717, 1.165) is 12.1 Å². The zero-order valence-corrected chi connectivity index (χ0v) is 11.3. The molecule has 0 saturated heterocycles. The van der Waals surface area contributed by atoms with Gasteiger partial charge in [0.1, 0.15) is 11.3 Å². The summed E-state index contributed by atoms with van der Waals surface area (Å²) in [6.45, 7) is 1.75. The van der Waals surface area contributed by atoms with Crippen molar-refractivity contribution in [2.45, 2.75) is 25.9 Å². The van der Waals surface area contributed by atoms with Crippen LogP contribution >= 0.6 is 11.6 Å². The number of aryl methyl sites for hydroxylation is 1. The molecule has 0 saturated carbocycles. The maximum atomic E-state index is 11.8. The zero-order chi connectivity index (χ0) is 14.4. The lowest BCUT2D eigenvalue weighted by Crippen LogP contribution is -2.40. The minimum Gasteiger partial charge on any atom is -0.381 e. The van der Waals surface area contributed by atoms with Gasteiger partial charge in [-0.1, -0.05) is 24.9 Å². The maximum Gasteiger partial charge on any atom is 0.251 e. The molecule has 1 unspecified atom stereocenters. The van der Waals surface area contributed by atoms with E-state index in [2.05, 4.69) is 10.3 Å². The molecule has 1 atom stereocenters. The Labute approximate surface area is 116 Å². The largest absolute Gasteiger partial charge is 0.381 e. The van der Waals surface area contributed by atoms with Crippen molar-refractivity contribution in [2.75, 3.05) is 6.54 Å². The van der Waals surface area contributed by atoms with Crippen LogP contribution in [0.3, 0.4) is 0 Å². The van der Waals surface area contributed by atoms with E-state index >= 15 is 0 Å². The molecule has 0 aliphatic carbocycles. The van der Waals surface area contributed by atoms with Crippen molar-refractivity contribution >= 4 is 23.4 Å². The number of aromatic nitrogens is 1. The fraction of sp³-hybridized carbons (Fsp3) is 0.417. The summed E-state index contributed by atoms with van der Waals surface area (Å²) in [6.07, 6.45) is 0.191. The van der Waals surface area contributed by atoms with Crippen LogP contribution in [0.2, 0.25) is 5.15 Å². The third-order valence-corrected chi connectivity index (χ3v) is 2.59. The van der Waals surface area contributed by atoms with Crippen molar-refractivity contribution < 1.29 is 14.7 Å². The van der Waals surface area contributed by atoms with Crippen LogP contribution in [-0.2, 0) is 11.2 Å². The normalized spacial score (nSPS) is 11.9. The fourth-order valence-corrected chi connectivity index (χ4v) is 1.68. The van der Waals surface area contributed by atoms with Crippen molar-refractivity contribution in [3.8, 4) is 0 Å². The molecule has 0 aliphatic heterocycles. The Bertz CT molecular complexity index is 479. The first-order valence-corrected chi connectivity index (χ1v) is 6.24. The average Bonchev–Trinajstić information content (AvgIpc) is 2.35. The van der Waals surface area contributed by atoms with Crippen LogP contribution in [0.25, 0.3) is 0 Å². The highest BCUT2D eigenvalue weighted by molar-refractivity contribution is 6.29. The Morgan fingerprint density at radius 2 is 2.21 bits per heavy atom. The summed E-state index contributed by atoms with van der Waals surface area (Å²) in [5.74, 6) is -1.33. The number of carbonyl (C=O) groups is 2. The summed E-state index contributed by atoms with van der Waals surface area (Å²) in [5.41, 5.74) is 5.93. The van der Waals surface area contributed by atoms with Gasteiger partial charge in [-0.25, -0.2) is 4.98 Å². The van der Waals surface area contributed by atoms with Gasteiger partial charge in [-0.15, -0.1) is 0 Å². The second kappa shape index (κ2) is 7.06. The minimum atomic E-state index is -1.41. The Hall–Kier alpha value is -1.66. The van der Waals surface area contributed by atoms with E-state index < -0.39 is 17.9 Å². The molecule has 2 amide bonds. The van der Waals surface area contributed by atoms with E-state index in [1.807, 2.05) is 6.92 Å². The molecular weight excluding hydrogens is 270 g/mol. The van der Waals surface area contributed by atoms with E-state index in [0.29, 0.717) is 12.0 Å². The number of amides is 2. The second-order valence-corrected chi connectivity index (χ2v) is 4.44. The van der Waals surface area contributed by atoms with Gasteiger partial charge in [0.15, 0.2) is 0 Å². The van der Waals surface area contributed by atoms with E-state index in [9.17, 15) is 14.7 Å². The minimum absolute atomic E-state index is 0.228. The molecule has 1 rings (SSSR count). The SMILES string of the molecule is CCCc1cc(C(=O)NCC(O)C(N)=O)cc(Cl)n1. The second-order valence-electron chi connectivity index (χ2n) is 4.05. The Balaban J connectivity index is 2.73. The summed E-state index contributed by atoms with van der Waals surface area (Å²) in [6, 6.07) is 3.05. The van der Waals surface area contributed by atoms with E-state index in [1.54, 1.807) is 6.07 Å². The van der Waals surface area contributed by atoms with Crippen molar-refractivity contribution in [3.63, 3.8) is 0 Å². The fourth-order valence-electron chi connectivity index (χ4n) is 1.46. The number of aliphatic hydroxyl groups excluding tert-OH is 1. The molecule has 0 aliphatic rings. The number of hydrogen-bond donors (Lipinski definition) is 3. The lowest BCUT2D eigenvalue weighted by molar-refractivity contribution is -0.125. The summed E-state index contributed by atoms with van der Waals surface area (Å²) < 4.78 is 0. The quantitative estimate of drug-likeness (QED) is 0.652. The zero-order valence-electron chi connectivity index (χ0n) is 10.5. The predicted octanol–water partition coefficient (Wildman–Crippen LogP) is 0.264. The van der Waals surface area contributed by atoms with Crippen LogP contribution in [0.4, 0.5) is 0 Å². The van der Waals surface area contributed by atoms with Gasteiger partial charge in [0.05, 0.1) is 6.54 Å². The Morgan fingerprint density at radius 1 is 1.53 bits per heavy atom. The van der Waals surface area contributed by atoms with Gasteiger partial charge in [0.25, 0.3) is 5.91 Å².